The Labute approximate surface area is 113 Å². The van der Waals surface area contributed by atoms with Gasteiger partial charge in [-0.15, -0.1) is 0 Å². The second-order valence-corrected chi connectivity index (χ2v) is 4.24. The maximum absolute atomic E-state index is 12.3. The molecule has 0 bridgehead atoms. The predicted octanol–water partition coefficient (Wildman–Crippen LogP) is 3.56. The molecule has 2 rings (SSSR count). The average molecular weight is 251 g/mol. The molecule has 0 saturated carbocycles. The molecule has 1 N–H and O–H groups in total. The molecule has 2 nitrogen and oxygen atoms in total. The van der Waals surface area contributed by atoms with Crippen LogP contribution < -0.4 is 5.32 Å². The van der Waals surface area contributed by atoms with E-state index in [9.17, 15) is 4.79 Å². The predicted molar refractivity (Wildman–Crippen MR) is 77.8 cm³/mol. The van der Waals surface area contributed by atoms with Crippen LogP contribution in [0.3, 0.4) is 0 Å². The van der Waals surface area contributed by atoms with Crippen LogP contribution in [0.15, 0.2) is 72.4 Å². The second kappa shape index (κ2) is 6.55. The van der Waals surface area contributed by atoms with Crippen molar-refractivity contribution in [2.24, 2.45) is 0 Å². The van der Waals surface area contributed by atoms with Crippen LogP contribution in [-0.4, -0.2) is 5.78 Å². The smallest absolute Gasteiger partial charge is 0.208 e. The third-order valence-corrected chi connectivity index (χ3v) is 2.90. The van der Waals surface area contributed by atoms with Crippen molar-refractivity contribution in [1.82, 2.24) is 5.32 Å². The maximum atomic E-state index is 12.3. The quantitative estimate of drug-likeness (QED) is 0.650. The van der Waals surface area contributed by atoms with Gasteiger partial charge < -0.3 is 5.32 Å². The highest BCUT2D eigenvalue weighted by molar-refractivity contribution is 6.08. The molecule has 0 aliphatic rings. The lowest BCUT2D eigenvalue weighted by molar-refractivity contribution is 0.102. The summed E-state index contributed by atoms with van der Waals surface area (Å²) in [6.07, 6.45) is 1.82. The highest BCUT2D eigenvalue weighted by Crippen LogP contribution is 2.07. The Bertz CT molecular complexity index is 558. The molecule has 0 saturated heterocycles. The average Bonchev–Trinajstić information content (AvgIpc) is 2.49. The normalized spacial score (nSPS) is 11.1. The molecule has 0 heterocycles. The Morgan fingerprint density at radius 1 is 1.00 bits per heavy atom. The van der Waals surface area contributed by atoms with E-state index in [1.165, 1.54) is 0 Å². The van der Waals surface area contributed by atoms with Crippen molar-refractivity contribution in [2.75, 3.05) is 0 Å². The van der Waals surface area contributed by atoms with E-state index in [1.54, 1.807) is 0 Å². The van der Waals surface area contributed by atoms with Crippen LogP contribution in [0.2, 0.25) is 0 Å². The minimum absolute atomic E-state index is 0.0269. The maximum Gasteiger partial charge on any atom is 0.208 e. The molecule has 0 aliphatic heterocycles. The van der Waals surface area contributed by atoms with Crippen molar-refractivity contribution in [3.05, 3.63) is 83.6 Å². The molecule has 0 radical (unpaired) electrons. The van der Waals surface area contributed by atoms with Gasteiger partial charge in [0.2, 0.25) is 5.78 Å². The second-order valence-electron chi connectivity index (χ2n) is 4.24. The fourth-order valence-electron chi connectivity index (χ4n) is 1.85. The molecule has 0 aliphatic carbocycles. The van der Waals surface area contributed by atoms with E-state index in [1.807, 2.05) is 73.7 Å². The molecule has 0 atom stereocenters. The Balaban J connectivity index is 2.04. The van der Waals surface area contributed by atoms with Gasteiger partial charge in [0, 0.05) is 12.1 Å². The van der Waals surface area contributed by atoms with E-state index in [0.29, 0.717) is 17.8 Å². The summed E-state index contributed by atoms with van der Waals surface area (Å²) in [7, 11) is 0. The summed E-state index contributed by atoms with van der Waals surface area (Å²) in [6, 6.07) is 19.3. The highest BCUT2D eigenvalue weighted by atomic mass is 16.1. The summed E-state index contributed by atoms with van der Waals surface area (Å²) < 4.78 is 0. The van der Waals surface area contributed by atoms with Crippen molar-refractivity contribution in [2.45, 2.75) is 13.5 Å². The van der Waals surface area contributed by atoms with E-state index >= 15 is 0 Å². The number of Topliss-reactive ketones (excluding diaryl/α,β-unsaturated/α-hetero) is 1. The minimum atomic E-state index is 0.0269. The molecule has 0 fully saturated rings. The Kier molecular flexibility index (Phi) is 4.51. The summed E-state index contributed by atoms with van der Waals surface area (Å²) in [5.74, 6) is 0.0269. The first-order valence-electron chi connectivity index (χ1n) is 6.35. The van der Waals surface area contributed by atoms with Crippen molar-refractivity contribution in [3.8, 4) is 0 Å². The monoisotopic (exact) mass is 251 g/mol. The lowest BCUT2D eigenvalue weighted by Gasteiger charge is -2.10. The minimum Gasteiger partial charge on any atom is -0.378 e. The SMILES string of the molecule is C/C=C(\NCc1ccccc1)C(=O)c1ccccc1. The van der Waals surface area contributed by atoms with E-state index in [2.05, 4.69) is 5.32 Å². The summed E-state index contributed by atoms with van der Waals surface area (Å²) in [6.45, 7) is 2.52. The Morgan fingerprint density at radius 3 is 2.16 bits per heavy atom. The molecule has 0 unspecified atom stereocenters. The van der Waals surface area contributed by atoms with Gasteiger partial charge in [-0.2, -0.15) is 0 Å². The van der Waals surface area contributed by atoms with Crippen molar-refractivity contribution >= 4 is 5.78 Å². The molecule has 2 heteroatoms. The largest absolute Gasteiger partial charge is 0.378 e. The van der Waals surface area contributed by atoms with Crippen LogP contribution >= 0.6 is 0 Å². The summed E-state index contributed by atoms with van der Waals surface area (Å²) in [5.41, 5.74) is 2.49. The van der Waals surface area contributed by atoms with Crippen LogP contribution in [0, 0.1) is 0 Å². The molecule has 0 amide bonds. The number of carbonyl (C=O) groups excluding carboxylic acids is 1. The van der Waals surface area contributed by atoms with E-state index in [0.717, 1.165) is 5.56 Å². The van der Waals surface area contributed by atoms with Gasteiger partial charge in [-0.1, -0.05) is 66.7 Å². The first kappa shape index (κ1) is 13.1. The fourth-order valence-corrected chi connectivity index (χ4v) is 1.85. The van der Waals surface area contributed by atoms with Crippen molar-refractivity contribution < 1.29 is 4.79 Å². The van der Waals surface area contributed by atoms with Gasteiger partial charge in [0.25, 0.3) is 0 Å². The summed E-state index contributed by atoms with van der Waals surface area (Å²) >= 11 is 0. The van der Waals surface area contributed by atoms with Gasteiger partial charge in [0.1, 0.15) is 0 Å². The van der Waals surface area contributed by atoms with Gasteiger partial charge in [-0.25, -0.2) is 0 Å². The molecular weight excluding hydrogens is 234 g/mol. The van der Waals surface area contributed by atoms with Crippen LogP contribution in [0.5, 0.6) is 0 Å². The third kappa shape index (κ3) is 3.55. The van der Waals surface area contributed by atoms with Crippen LogP contribution in [0.1, 0.15) is 22.8 Å². The topological polar surface area (TPSA) is 29.1 Å². The number of carbonyl (C=O) groups is 1. The highest BCUT2D eigenvalue weighted by Gasteiger charge is 2.10. The molecule has 0 spiro atoms. The lowest BCUT2D eigenvalue weighted by Crippen LogP contribution is -2.20. The summed E-state index contributed by atoms with van der Waals surface area (Å²) in [5, 5.41) is 3.20. The Hall–Kier alpha value is -2.35. The number of hydrogen-bond donors (Lipinski definition) is 1. The standard InChI is InChI=1S/C17H17NO/c1-2-16(17(19)15-11-7-4-8-12-15)18-13-14-9-5-3-6-10-14/h2-12,18H,13H2,1H3/b16-2-. The molecule has 19 heavy (non-hydrogen) atoms. The number of nitrogens with one attached hydrogen (secondary N) is 1. The number of ketones is 1. The third-order valence-electron chi connectivity index (χ3n) is 2.90. The van der Waals surface area contributed by atoms with E-state index < -0.39 is 0 Å². The first-order chi connectivity index (χ1) is 9.31. The van der Waals surface area contributed by atoms with Gasteiger partial charge in [0.05, 0.1) is 5.70 Å². The van der Waals surface area contributed by atoms with Crippen LogP contribution in [0.4, 0.5) is 0 Å². The van der Waals surface area contributed by atoms with Gasteiger partial charge >= 0.3 is 0 Å². The van der Waals surface area contributed by atoms with E-state index in [-0.39, 0.29) is 5.78 Å². The summed E-state index contributed by atoms with van der Waals surface area (Å²) in [4.78, 5) is 12.3. The van der Waals surface area contributed by atoms with Crippen molar-refractivity contribution in [1.29, 1.82) is 0 Å². The molecule has 2 aromatic carbocycles. The number of benzene rings is 2. The zero-order valence-corrected chi connectivity index (χ0v) is 11.0. The van der Waals surface area contributed by atoms with Crippen molar-refractivity contribution in [3.63, 3.8) is 0 Å². The van der Waals surface area contributed by atoms with E-state index in [4.69, 9.17) is 0 Å². The number of hydrogen-bond acceptors (Lipinski definition) is 2. The molecule has 0 aromatic heterocycles. The molecular formula is C17H17NO. The lowest BCUT2D eigenvalue weighted by atomic mass is 10.1. The number of allylic oxidation sites excluding steroid dienone is 2. The zero-order chi connectivity index (χ0) is 13.5. The fraction of sp³-hybridized carbons (Fsp3) is 0.118. The number of rotatable bonds is 5. The van der Waals surface area contributed by atoms with Crippen LogP contribution in [0.25, 0.3) is 0 Å². The molecule has 2 aromatic rings. The first-order valence-corrected chi connectivity index (χ1v) is 6.35. The Morgan fingerprint density at radius 2 is 1.58 bits per heavy atom. The molecule has 96 valence electrons. The van der Waals surface area contributed by atoms with Gasteiger partial charge in [-0.05, 0) is 12.5 Å². The van der Waals surface area contributed by atoms with Gasteiger partial charge in [-0.3, -0.25) is 4.79 Å². The van der Waals surface area contributed by atoms with Gasteiger partial charge in [0.15, 0.2) is 0 Å². The zero-order valence-electron chi connectivity index (χ0n) is 11.0. The van der Waals surface area contributed by atoms with Crippen LogP contribution in [-0.2, 0) is 6.54 Å².